The van der Waals surface area contributed by atoms with Crippen LogP contribution >= 0.6 is 24.0 Å². The summed E-state index contributed by atoms with van der Waals surface area (Å²) in [7, 11) is 0. The van der Waals surface area contributed by atoms with Gasteiger partial charge in [-0.1, -0.05) is 6.42 Å². The average molecular weight is 488 g/mol. The lowest BCUT2D eigenvalue weighted by atomic mass is 9.46. The van der Waals surface area contributed by atoms with E-state index in [0.29, 0.717) is 17.6 Å². The van der Waals surface area contributed by atoms with Gasteiger partial charge in [0.2, 0.25) is 0 Å². The second kappa shape index (κ2) is 8.34. The molecule has 1 spiro atoms. The van der Waals surface area contributed by atoms with E-state index in [0.717, 1.165) is 25.0 Å². The first-order valence-corrected chi connectivity index (χ1v) is 11.2. The zero-order valence-electron chi connectivity index (χ0n) is 16.9. The monoisotopic (exact) mass is 488 g/mol. The Bertz CT molecular complexity index is 546. The number of ether oxygens (including phenoxy) is 1. The number of hydrogen-bond acceptors (Lipinski definition) is 3. The number of fused-ring (bicyclic) bond motifs is 2. The van der Waals surface area contributed by atoms with Crippen molar-refractivity contribution in [1.82, 2.24) is 15.1 Å². The Morgan fingerprint density at radius 2 is 1.96 bits per heavy atom. The maximum Gasteiger partial charge on any atom is 0.194 e. The fourth-order valence-electron chi connectivity index (χ4n) is 6.49. The van der Waals surface area contributed by atoms with Gasteiger partial charge in [0, 0.05) is 50.2 Å². The van der Waals surface area contributed by atoms with E-state index in [-0.39, 0.29) is 24.0 Å². The van der Waals surface area contributed by atoms with Crippen LogP contribution in [0.4, 0.5) is 0 Å². The standard InChI is InChI=1S/C21H36N4O.HI/c1-2-22-20(25-12-6-16(15-25)14-24-10-3-4-11-24)23-18-17-7-13-26-19(17)21(18)8-5-9-21;/h16-19H,2-15H2,1H3,(H,22,23);1H. The summed E-state index contributed by atoms with van der Waals surface area (Å²) >= 11 is 0. The van der Waals surface area contributed by atoms with Crippen molar-refractivity contribution in [3.05, 3.63) is 0 Å². The van der Waals surface area contributed by atoms with E-state index in [2.05, 4.69) is 22.0 Å². The largest absolute Gasteiger partial charge is 0.377 e. The van der Waals surface area contributed by atoms with Gasteiger partial charge in [-0.3, -0.25) is 4.99 Å². The molecule has 3 heterocycles. The molecule has 3 saturated heterocycles. The van der Waals surface area contributed by atoms with E-state index in [1.54, 1.807) is 0 Å². The van der Waals surface area contributed by atoms with E-state index in [1.165, 1.54) is 83.6 Å². The minimum atomic E-state index is 0. The Morgan fingerprint density at radius 3 is 2.67 bits per heavy atom. The molecule has 5 rings (SSSR count). The minimum absolute atomic E-state index is 0. The van der Waals surface area contributed by atoms with E-state index in [9.17, 15) is 0 Å². The second-order valence-corrected chi connectivity index (χ2v) is 9.36. The van der Waals surface area contributed by atoms with Crippen LogP contribution < -0.4 is 5.32 Å². The SMILES string of the molecule is CCN=C(NC1C2CCOC2C12CCC2)N1CCC(CN2CCCC2)C1.I. The fraction of sp³-hybridized carbons (Fsp3) is 0.952. The number of aliphatic imine (C=N–C) groups is 1. The molecule has 0 aromatic rings. The van der Waals surface area contributed by atoms with Crippen molar-refractivity contribution in [2.24, 2.45) is 22.2 Å². The van der Waals surface area contributed by atoms with Crippen LogP contribution in [-0.2, 0) is 4.74 Å². The molecular formula is C21H37IN4O. The molecule has 154 valence electrons. The first-order chi connectivity index (χ1) is 12.8. The molecule has 0 aromatic carbocycles. The lowest BCUT2D eigenvalue weighted by Gasteiger charge is -2.63. The molecule has 0 amide bonds. The van der Waals surface area contributed by atoms with E-state index < -0.39 is 0 Å². The fourth-order valence-corrected chi connectivity index (χ4v) is 6.49. The van der Waals surface area contributed by atoms with Gasteiger partial charge in [-0.25, -0.2) is 0 Å². The second-order valence-electron chi connectivity index (χ2n) is 9.36. The number of nitrogens with zero attached hydrogens (tertiary/aromatic N) is 3. The molecule has 3 aliphatic heterocycles. The van der Waals surface area contributed by atoms with Crippen LogP contribution in [0.2, 0.25) is 0 Å². The molecule has 4 unspecified atom stereocenters. The van der Waals surface area contributed by atoms with Crippen molar-refractivity contribution in [3.63, 3.8) is 0 Å². The summed E-state index contributed by atoms with van der Waals surface area (Å²) in [5.74, 6) is 2.73. The topological polar surface area (TPSA) is 40.1 Å². The van der Waals surface area contributed by atoms with Gasteiger partial charge < -0.3 is 19.9 Å². The van der Waals surface area contributed by atoms with Gasteiger partial charge in [-0.05, 0) is 64.5 Å². The third-order valence-electron chi connectivity index (χ3n) is 7.93. The summed E-state index contributed by atoms with van der Waals surface area (Å²) in [6, 6.07) is 0.603. The Labute approximate surface area is 181 Å². The molecule has 0 bridgehead atoms. The van der Waals surface area contributed by atoms with Crippen molar-refractivity contribution in [1.29, 1.82) is 0 Å². The average Bonchev–Trinajstić information content (AvgIpc) is 3.32. The summed E-state index contributed by atoms with van der Waals surface area (Å²) in [6.45, 7) is 10.3. The third-order valence-corrected chi connectivity index (χ3v) is 7.93. The van der Waals surface area contributed by atoms with Gasteiger partial charge in [0.1, 0.15) is 0 Å². The first kappa shape index (κ1) is 20.2. The predicted octanol–water partition coefficient (Wildman–Crippen LogP) is 2.95. The van der Waals surface area contributed by atoms with E-state index >= 15 is 0 Å². The van der Waals surface area contributed by atoms with Gasteiger partial charge in [-0.15, -0.1) is 24.0 Å². The molecule has 0 radical (unpaired) electrons. The highest BCUT2D eigenvalue weighted by molar-refractivity contribution is 14.0. The summed E-state index contributed by atoms with van der Waals surface area (Å²) in [5, 5.41) is 3.96. The van der Waals surface area contributed by atoms with Crippen molar-refractivity contribution in [2.45, 2.75) is 64.0 Å². The highest BCUT2D eigenvalue weighted by Gasteiger charge is 2.66. The van der Waals surface area contributed by atoms with Crippen LogP contribution in [-0.4, -0.2) is 73.8 Å². The maximum atomic E-state index is 6.10. The van der Waals surface area contributed by atoms with Gasteiger partial charge in [0.05, 0.1) is 6.10 Å². The molecule has 6 heteroatoms. The van der Waals surface area contributed by atoms with Crippen LogP contribution in [0.25, 0.3) is 0 Å². The Morgan fingerprint density at radius 1 is 1.15 bits per heavy atom. The highest BCUT2D eigenvalue weighted by Crippen LogP contribution is 2.62. The third kappa shape index (κ3) is 3.52. The van der Waals surface area contributed by atoms with Gasteiger partial charge in [0.25, 0.3) is 0 Å². The molecule has 27 heavy (non-hydrogen) atoms. The number of likely N-dealkylation sites (tertiary alicyclic amines) is 2. The smallest absolute Gasteiger partial charge is 0.194 e. The van der Waals surface area contributed by atoms with Crippen molar-refractivity contribution < 1.29 is 4.74 Å². The minimum Gasteiger partial charge on any atom is -0.377 e. The van der Waals surface area contributed by atoms with Crippen molar-refractivity contribution >= 4 is 29.9 Å². The lowest BCUT2D eigenvalue weighted by Crippen LogP contribution is -2.72. The predicted molar refractivity (Wildman–Crippen MR) is 120 cm³/mol. The highest BCUT2D eigenvalue weighted by atomic mass is 127. The molecule has 5 fully saturated rings. The van der Waals surface area contributed by atoms with E-state index in [4.69, 9.17) is 9.73 Å². The number of halogens is 1. The zero-order valence-corrected chi connectivity index (χ0v) is 19.2. The van der Waals surface area contributed by atoms with Crippen LogP contribution in [0.1, 0.15) is 51.9 Å². The quantitative estimate of drug-likeness (QED) is 0.376. The Kier molecular flexibility index (Phi) is 6.24. The molecule has 2 saturated carbocycles. The molecule has 5 nitrogen and oxygen atoms in total. The van der Waals surface area contributed by atoms with Crippen LogP contribution in [0.3, 0.4) is 0 Å². The van der Waals surface area contributed by atoms with Crippen LogP contribution in [0, 0.1) is 17.3 Å². The summed E-state index contributed by atoms with van der Waals surface area (Å²) < 4.78 is 6.10. The normalized spacial score (nSPS) is 37.7. The lowest BCUT2D eigenvalue weighted by molar-refractivity contribution is -0.171. The molecule has 5 aliphatic rings. The van der Waals surface area contributed by atoms with Gasteiger partial charge in [-0.2, -0.15) is 0 Å². The van der Waals surface area contributed by atoms with Gasteiger partial charge in [0.15, 0.2) is 5.96 Å². The Hall–Kier alpha value is -0.0800. The summed E-state index contributed by atoms with van der Waals surface area (Å²) in [4.78, 5) is 10.1. The summed E-state index contributed by atoms with van der Waals surface area (Å²) in [6.07, 6.45) is 9.98. The zero-order chi connectivity index (χ0) is 17.6. The van der Waals surface area contributed by atoms with Crippen LogP contribution in [0.5, 0.6) is 0 Å². The number of rotatable bonds is 4. The molecule has 4 atom stereocenters. The number of guanidine groups is 1. The number of hydrogen-bond donors (Lipinski definition) is 1. The first-order valence-electron chi connectivity index (χ1n) is 11.2. The van der Waals surface area contributed by atoms with Crippen LogP contribution in [0.15, 0.2) is 4.99 Å². The van der Waals surface area contributed by atoms with E-state index in [1.807, 2.05) is 0 Å². The summed E-state index contributed by atoms with van der Waals surface area (Å²) in [5.41, 5.74) is 0.435. The molecular weight excluding hydrogens is 451 g/mol. The maximum absolute atomic E-state index is 6.10. The van der Waals surface area contributed by atoms with Crippen molar-refractivity contribution in [2.75, 3.05) is 45.9 Å². The molecule has 0 aromatic heterocycles. The number of nitrogens with one attached hydrogen (secondary N) is 1. The Balaban J connectivity index is 0.00000180. The molecule has 1 N–H and O–H groups in total. The van der Waals surface area contributed by atoms with Gasteiger partial charge >= 0.3 is 0 Å². The van der Waals surface area contributed by atoms with Crippen molar-refractivity contribution in [3.8, 4) is 0 Å². The molecule has 2 aliphatic carbocycles.